The van der Waals surface area contributed by atoms with E-state index in [0.29, 0.717) is 17.2 Å². The van der Waals surface area contributed by atoms with Gasteiger partial charge in [0, 0.05) is 22.0 Å². The first-order chi connectivity index (χ1) is 10.9. The van der Waals surface area contributed by atoms with Crippen molar-refractivity contribution in [1.82, 2.24) is 19.6 Å². The van der Waals surface area contributed by atoms with Crippen molar-refractivity contribution in [2.45, 2.75) is 19.8 Å². The number of carbonyl (C=O) groups excluding carboxylic acids is 1. The van der Waals surface area contributed by atoms with E-state index in [2.05, 4.69) is 36.3 Å². The van der Waals surface area contributed by atoms with Crippen LogP contribution in [0.4, 0.5) is 5.82 Å². The summed E-state index contributed by atoms with van der Waals surface area (Å²) >= 11 is 3.32. The smallest absolute Gasteiger partial charge is 0.256 e. The quantitative estimate of drug-likeness (QED) is 0.735. The Labute approximate surface area is 139 Å². The molecule has 7 nitrogen and oxygen atoms in total. The number of H-pyrrole nitrogens is 1. The van der Waals surface area contributed by atoms with Crippen LogP contribution >= 0.6 is 15.9 Å². The summed E-state index contributed by atoms with van der Waals surface area (Å²) in [4.78, 5) is 30.9. The number of carbonyl (C=O) groups is 1. The zero-order valence-corrected chi connectivity index (χ0v) is 14.1. The van der Waals surface area contributed by atoms with Gasteiger partial charge in [-0.2, -0.15) is 9.50 Å². The monoisotopic (exact) mass is 375 g/mol. The van der Waals surface area contributed by atoms with Crippen molar-refractivity contribution in [2.24, 2.45) is 0 Å². The van der Waals surface area contributed by atoms with Crippen molar-refractivity contribution < 1.29 is 4.79 Å². The highest BCUT2D eigenvalue weighted by atomic mass is 79.9. The van der Waals surface area contributed by atoms with Crippen LogP contribution in [0, 0.1) is 0 Å². The molecule has 0 saturated carbocycles. The molecule has 0 radical (unpaired) electrons. The van der Waals surface area contributed by atoms with Gasteiger partial charge in [0.15, 0.2) is 5.82 Å². The first-order valence-corrected chi connectivity index (χ1v) is 7.80. The third-order valence-electron chi connectivity index (χ3n) is 3.22. The summed E-state index contributed by atoms with van der Waals surface area (Å²) in [5.74, 6) is 0.939. The van der Waals surface area contributed by atoms with Crippen molar-refractivity contribution in [3.63, 3.8) is 0 Å². The number of anilines is 1. The molecule has 118 valence electrons. The van der Waals surface area contributed by atoms with E-state index >= 15 is 0 Å². The largest absolute Gasteiger partial charge is 0.306 e. The van der Waals surface area contributed by atoms with Crippen molar-refractivity contribution >= 4 is 33.4 Å². The predicted molar refractivity (Wildman–Crippen MR) is 89.8 cm³/mol. The molecule has 0 unspecified atom stereocenters. The topological polar surface area (TPSA) is 92.1 Å². The number of hydrogen-bond donors (Lipinski definition) is 2. The van der Waals surface area contributed by atoms with E-state index in [1.165, 1.54) is 10.6 Å². The minimum Gasteiger partial charge on any atom is -0.306 e. The second-order valence-electron chi connectivity index (χ2n) is 5.34. The number of nitrogens with zero attached hydrogens (tertiary/aromatic N) is 3. The first kappa shape index (κ1) is 15.4. The standard InChI is InChI=1S/C15H14BrN5O2/c1-8(2)13-19-15-18-12(22)7-11(21(15)20-13)17-14(23)9-3-5-10(16)6-4-9/h3-8H,1-2H3,(H,17,23)(H,18,19,20,22). The van der Waals surface area contributed by atoms with Crippen LogP contribution < -0.4 is 10.9 Å². The zero-order chi connectivity index (χ0) is 16.6. The van der Waals surface area contributed by atoms with Gasteiger partial charge < -0.3 is 5.32 Å². The number of aromatic amines is 1. The summed E-state index contributed by atoms with van der Waals surface area (Å²) in [5, 5.41) is 7.03. The number of rotatable bonds is 3. The normalized spacial score (nSPS) is 11.1. The molecule has 8 heteroatoms. The molecule has 0 bridgehead atoms. The van der Waals surface area contributed by atoms with E-state index in [1.807, 2.05) is 13.8 Å². The maximum atomic E-state index is 12.3. The van der Waals surface area contributed by atoms with Crippen molar-refractivity contribution in [3.8, 4) is 0 Å². The second-order valence-corrected chi connectivity index (χ2v) is 6.26. The van der Waals surface area contributed by atoms with E-state index < -0.39 is 0 Å². The fourth-order valence-electron chi connectivity index (χ4n) is 2.03. The summed E-state index contributed by atoms with van der Waals surface area (Å²) in [7, 11) is 0. The number of halogens is 1. The lowest BCUT2D eigenvalue weighted by molar-refractivity contribution is 0.102. The Bertz CT molecular complexity index is 927. The number of amides is 1. The maximum absolute atomic E-state index is 12.3. The fourth-order valence-corrected chi connectivity index (χ4v) is 2.30. The Balaban J connectivity index is 2.00. The lowest BCUT2D eigenvalue weighted by Gasteiger charge is -2.06. The highest BCUT2D eigenvalue weighted by molar-refractivity contribution is 9.10. The van der Waals surface area contributed by atoms with E-state index in [1.54, 1.807) is 24.3 Å². The van der Waals surface area contributed by atoms with Crippen LogP contribution in [-0.2, 0) is 0 Å². The van der Waals surface area contributed by atoms with Crippen LogP contribution in [0.25, 0.3) is 5.78 Å². The Kier molecular flexibility index (Phi) is 3.99. The molecule has 2 heterocycles. The SMILES string of the molecule is CC(C)c1nc2[nH]c(=O)cc(NC(=O)c3ccc(Br)cc3)n2n1. The van der Waals surface area contributed by atoms with Crippen LogP contribution in [0.2, 0.25) is 0 Å². The van der Waals surface area contributed by atoms with Crippen molar-refractivity contribution in [1.29, 1.82) is 0 Å². The first-order valence-electron chi connectivity index (χ1n) is 7.01. The van der Waals surface area contributed by atoms with Gasteiger partial charge in [-0.05, 0) is 24.3 Å². The number of fused-ring (bicyclic) bond motifs is 1. The van der Waals surface area contributed by atoms with Gasteiger partial charge in [-0.3, -0.25) is 14.6 Å². The van der Waals surface area contributed by atoms with Gasteiger partial charge >= 0.3 is 0 Å². The van der Waals surface area contributed by atoms with Crippen LogP contribution in [0.15, 0.2) is 39.6 Å². The minimum absolute atomic E-state index is 0.105. The Morgan fingerprint density at radius 1 is 1.30 bits per heavy atom. The summed E-state index contributed by atoms with van der Waals surface area (Å²) < 4.78 is 2.30. The van der Waals surface area contributed by atoms with Crippen LogP contribution in [0.5, 0.6) is 0 Å². The van der Waals surface area contributed by atoms with Gasteiger partial charge in [0.05, 0.1) is 0 Å². The number of hydrogen-bond acceptors (Lipinski definition) is 4. The van der Waals surface area contributed by atoms with Crippen LogP contribution in [0.1, 0.15) is 35.9 Å². The lowest BCUT2D eigenvalue weighted by atomic mass is 10.2. The van der Waals surface area contributed by atoms with E-state index in [4.69, 9.17) is 0 Å². The van der Waals surface area contributed by atoms with Crippen molar-refractivity contribution in [3.05, 3.63) is 56.5 Å². The summed E-state index contributed by atoms with van der Waals surface area (Å²) in [5.41, 5.74) is 0.122. The molecule has 3 aromatic rings. The Morgan fingerprint density at radius 3 is 2.65 bits per heavy atom. The molecule has 23 heavy (non-hydrogen) atoms. The predicted octanol–water partition coefficient (Wildman–Crippen LogP) is 2.56. The molecule has 0 aliphatic heterocycles. The van der Waals surface area contributed by atoms with E-state index in [0.717, 1.165) is 4.47 Å². The molecule has 1 aromatic carbocycles. The third-order valence-corrected chi connectivity index (χ3v) is 3.75. The Morgan fingerprint density at radius 2 is 2.00 bits per heavy atom. The molecule has 1 amide bonds. The van der Waals surface area contributed by atoms with Crippen LogP contribution in [-0.4, -0.2) is 25.5 Å². The highest BCUT2D eigenvalue weighted by Gasteiger charge is 2.14. The van der Waals surface area contributed by atoms with Gasteiger partial charge in [0.2, 0.25) is 5.78 Å². The summed E-state index contributed by atoms with van der Waals surface area (Å²) in [6.45, 7) is 3.90. The van der Waals surface area contributed by atoms with Gasteiger partial charge in [-0.15, -0.1) is 5.10 Å². The molecule has 0 saturated heterocycles. The third kappa shape index (κ3) is 3.16. The summed E-state index contributed by atoms with van der Waals surface area (Å²) in [6, 6.07) is 8.20. The Hall–Kier alpha value is -2.48. The van der Waals surface area contributed by atoms with E-state index in [9.17, 15) is 9.59 Å². The molecule has 2 aromatic heterocycles. The van der Waals surface area contributed by atoms with Crippen LogP contribution in [0.3, 0.4) is 0 Å². The zero-order valence-electron chi connectivity index (χ0n) is 12.5. The molecule has 0 fully saturated rings. The molecule has 2 N–H and O–H groups in total. The molecule has 0 atom stereocenters. The summed E-state index contributed by atoms with van der Waals surface area (Å²) in [6.07, 6.45) is 0. The molecule has 0 aliphatic carbocycles. The average molecular weight is 376 g/mol. The lowest BCUT2D eigenvalue weighted by Crippen LogP contribution is -2.18. The average Bonchev–Trinajstić information content (AvgIpc) is 2.92. The van der Waals surface area contributed by atoms with Crippen molar-refractivity contribution in [2.75, 3.05) is 5.32 Å². The molecule has 3 rings (SSSR count). The molecule has 0 spiro atoms. The minimum atomic E-state index is -0.355. The second kappa shape index (κ2) is 5.96. The fraction of sp³-hybridized carbons (Fsp3) is 0.200. The highest BCUT2D eigenvalue weighted by Crippen LogP contribution is 2.15. The molecular weight excluding hydrogens is 362 g/mol. The molecular formula is C15H14BrN5O2. The molecule has 0 aliphatic rings. The van der Waals surface area contributed by atoms with Gasteiger partial charge in [0.25, 0.3) is 11.5 Å². The number of benzene rings is 1. The number of nitrogens with one attached hydrogen (secondary N) is 2. The maximum Gasteiger partial charge on any atom is 0.256 e. The number of aromatic nitrogens is 4. The van der Waals surface area contributed by atoms with Gasteiger partial charge in [-0.25, -0.2) is 0 Å². The van der Waals surface area contributed by atoms with Gasteiger partial charge in [0.1, 0.15) is 5.82 Å². The van der Waals surface area contributed by atoms with E-state index in [-0.39, 0.29) is 23.2 Å². The van der Waals surface area contributed by atoms with Gasteiger partial charge in [-0.1, -0.05) is 29.8 Å².